The minimum Gasteiger partial charge on any atom is -0.395 e. The van der Waals surface area contributed by atoms with Crippen LogP contribution >= 0.6 is 11.8 Å². The van der Waals surface area contributed by atoms with Crippen LogP contribution < -0.4 is 5.73 Å². The Labute approximate surface area is 108 Å². The van der Waals surface area contributed by atoms with Crippen LogP contribution in [0.1, 0.15) is 12.6 Å². The van der Waals surface area contributed by atoms with Crippen molar-refractivity contribution in [2.45, 2.75) is 23.3 Å². The number of anilines is 1. The summed E-state index contributed by atoms with van der Waals surface area (Å²) in [7, 11) is 1.78. The van der Waals surface area contributed by atoms with Crippen LogP contribution in [0.2, 0.25) is 0 Å². The van der Waals surface area contributed by atoms with Gasteiger partial charge >= 0.3 is 0 Å². The molecule has 1 heterocycles. The van der Waals surface area contributed by atoms with E-state index in [1.54, 1.807) is 11.7 Å². The van der Waals surface area contributed by atoms with E-state index in [2.05, 4.69) is 5.10 Å². The third-order valence-corrected chi connectivity index (χ3v) is 3.71. The number of halogens is 2. The van der Waals surface area contributed by atoms with Crippen molar-refractivity contribution in [1.82, 2.24) is 9.78 Å². The number of aryl methyl sites for hydroxylation is 2. The predicted octanol–water partition coefficient (Wildman–Crippen LogP) is 2.99. The molecule has 2 N–H and O–H groups in total. The van der Waals surface area contributed by atoms with Crippen LogP contribution in [-0.4, -0.2) is 9.78 Å². The largest absolute Gasteiger partial charge is 0.395 e. The molecule has 3 nitrogen and oxygen atoms in total. The maximum atomic E-state index is 13.1. The predicted molar refractivity (Wildman–Crippen MR) is 67.5 cm³/mol. The van der Waals surface area contributed by atoms with Crippen molar-refractivity contribution in [2.75, 3.05) is 5.73 Å². The average Bonchev–Trinajstić information content (AvgIpc) is 2.61. The number of rotatable bonds is 3. The molecule has 0 aliphatic rings. The molecule has 0 amide bonds. The second kappa shape index (κ2) is 4.97. The molecule has 0 saturated heterocycles. The second-order valence-corrected chi connectivity index (χ2v) is 4.88. The van der Waals surface area contributed by atoms with E-state index in [4.69, 9.17) is 5.73 Å². The van der Waals surface area contributed by atoms with Gasteiger partial charge in [0.1, 0.15) is 5.03 Å². The van der Waals surface area contributed by atoms with Gasteiger partial charge in [-0.1, -0.05) is 18.7 Å². The van der Waals surface area contributed by atoms with Crippen molar-refractivity contribution in [3.63, 3.8) is 0 Å². The Hall–Kier alpha value is -1.56. The number of aromatic nitrogens is 2. The zero-order valence-corrected chi connectivity index (χ0v) is 10.9. The van der Waals surface area contributed by atoms with E-state index >= 15 is 0 Å². The van der Waals surface area contributed by atoms with Gasteiger partial charge in [-0.3, -0.25) is 4.68 Å². The zero-order chi connectivity index (χ0) is 13.3. The summed E-state index contributed by atoms with van der Waals surface area (Å²) in [5.74, 6) is -1.72. The maximum Gasteiger partial charge on any atom is 0.159 e. The first kappa shape index (κ1) is 12.9. The summed E-state index contributed by atoms with van der Waals surface area (Å²) in [6.07, 6.45) is 0.734. The first-order valence-electron chi connectivity index (χ1n) is 5.47. The van der Waals surface area contributed by atoms with Crippen LogP contribution in [0.5, 0.6) is 0 Å². The summed E-state index contributed by atoms with van der Waals surface area (Å²) < 4.78 is 27.6. The molecular weight excluding hydrogens is 256 g/mol. The third-order valence-electron chi connectivity index (χ3n) is 2.55. The zero-order valence-electron chi connectivity index (χ0n) is 10.1. The number of hydrogen-bond acceptors (Lipinski definition) is 3. The fourth-order valence-corrected chi connectivity index (χ4v) is 2.53. The molecule has 2 rings (SSSR count). The van der Waals surface area contributed by atoms with Crippen LogP contribution in [0.15, 0.2) is 28.1 Å². The summed E-state index contributed by atoms with van der Waals surface area (Å²) in [4.78, 5) is 0.589. The average molecular weight is 269 g/mol. The Kier molecular flexibility index (Phi) is 3.56. The van der Waals surface area contributed by atoms with Gasteiger partial charge < -0.3 is 5.73 Å². The lowest BCUT2D eigenvalue weighted by Gasteiger charge is -2.04. The van der Waals surface area contributed by atoms with E-state index in [1.807, 2.05) is 6.92 Å². The molecule has 18 heavy (non-hydrogen) atoms. The monoisotopic (exact) mass is 269 g/mol. The highest BCUT2D eigenvalue weighted by Crippen LogP contribution is 2.34. The minimum atomic E-state index is -0.864. The molecule has 0 atom stereocenters. The van der Waals surface area contributed by atoms with Crippen LogP contribution in [0.4, 0.5) is 14.5 Å². The molecule has 0 aliphatic carbocycles. The highest BCUT2D eigenvalue weighted by molar-refractivity contribution is 7.99. The smallest absolute Gasteiger partial charge is 0.159 e. The van der Waals surface area contributed by atoms with Crippen molar-refractivity contribution in [1.29, 1.82) is 0 Å². The number of nitrogens with two attached hydrogens (primary N) is 1. The minimum absolute atomic E-state index is 0.589. The topological polar surface area (TPSA) is 43.8 Å². The van der Waals surface area contributed by atoms with Gasteiger partial charge in [0.05, 0.1) is 11.4 Å². The summed E-state index contributed by atoms with van der Waals surface area (Å²) in [6, 6.07) is 3.77. The third kappa shape index (κ3) is 2.33. The lowest BCUT2D eigenvalue weighted by molar-refractivity contribution is 0.506. The molecule has 0 aliphatic heterocycles. The molecule has 2 aromatic rings. The molecule has 0 unspecified atom stereocenters. The highest BCUT2D eigenvalue weighted by Gasteiger charge is 2.14. The number of hydrogen-bond donors (Lipinski definition) is 1. The SMILES string of the molecule is CCc1nn(C)c(Sc2ccc(F)c(F)c2)c1N. The van der Waals surface area contributed by atoms with Gasteiger partial charge in [-0.05, 0) is 24.6 Å². The van der Waals surface area contributed by atoms with E-state index in [1.165, 1.54) is 17.8 Å². The Morgan fingerprint density at radius 1 is 1.33 bits per heavy atom. The molecule has 96 valence electrons. The van der Waals surface area contributed by atoms with Crippen LogP contribution in [-0.2, 0) is 13.5 Å². The molecule has 1 aromatic heterocycles. The number of nitrogen functional groups attached to an aromatic ring is 1. The summed E-state index contributed by atoms with van der Waals surface area (Å²) in [5.41, 5.74) is 7.36. The Balaban J connectivity index is 2.33. The standard InChI is InChI=1S/C12H13F2N3S/c1-3-10-11(15)12(17(2)16-10)18-7-4-5-8(13)9(14)6-7/h4-6H,3,15H2,1-2H3. The highest BCUT2D eigenvalue weighted by atomic mass is 32.2. The van der Waals surface area contributed by atoms with Gasteiger partial charge in [0, 0.05) is 11.9 Å². The molecule has 1 aromatic carbocycles. The van der Waals surface area contributed by atoms with E-state index in [0.29, 0.717) is 10.6 Å². The van der Waals surface area contributed by atoms with E-state index < -0.39 is 11.6 Å². The molecule has 0 bridgehead atoms. The Morgan fingerprint density at radius 3 is 2.61 bits per heavy atom. The summed E-state index contributed by atoms with van der Waals surface area (Å²) >= 11 is 1.27. The fourth-order valence-electron chi connectivity index (χ4n) is 1.61. The Morgan fingerprint density at radius 2 is 2.06 bits per heavy atom. The molecule has 0 spiro atoms. The molecular formula is C12H13F2N3S. The van der Waals surface area contributed by atoms with Gasteiger partial charge in [-0.2, -0.15) is 5.10 Å². The summed E-state index contributed by atoms with van der Waals surface area (Å²) in [5, 5.41) is 5.00. The van der Waals surface area contributed by atoms with E-state index in [9.17, 15) is 8.78 Å². The van der Waals surface area contributed by atoms with Crippen LogP contribution in [0, 0.1) is 11.6 Å². The van der Waals surface area contributed by atoms with Gasteiger partial charge in [-0.25, -0.2) is 8.78 Å². The first-order chi connectivity index (χ1) is 8.52. The Bertz CT molecular complexity index is 581. The normalized spacial score (nSPS) is 10.9. The lowest BCUT2D eigenvalue weighted by Crippen LogP contribution is -1.94. The number of benzene rings is 1. The van der Waals surface area contributed by atoms with Crippen molar-refractivity contribution in [3.05, 3.63) is 35.5 Å². The van der Waals surface area contributed by atoms with E-state index in [0.717, 1.165) is 29.3 Å². The molecule has 0 fully saturated rings. The maximum absolute atomic E-state index is 13.1. The van der Waals surface area contributed by atoms with Gasteiger partial charge in [-0.15, -0.1) is 0 Å². The van der Waals surface area contributed by atoms with Crippen molar-refractivity contribution in [2.24, 2.45) is 7.05 Å². The van der Waals surface area contributed by atoms with Gasteiger partial charge in [0.25, 0.3) is 0 Å². The molecule has 0 radical (unpaired) electrons. The molecule has 6 heteroatoms. The number of nitrogens with zero attached hydrogens (tertiary/aromatic N) is 2. The van der Waals surface area contributed by atoms with Crippen LogP contribution in [0.3, 0.4) is 0 Å². The van der Waals surface area contributed by atoms with Gasteiger partial charge in [0.15, 0.2) is 11.6 Å². The first-order valence-corrected chi connectivity index (χ1v) is 6.28. The van der Waals surface area contributed by atoms with E-state index in [-0.39, 0.29) is 0 Å². The lowest BCUT2D eigenvalue weighted by atomic mass is 10.3. The van der Waals surface area contributed by atoms with Crippen molar-refractivity contribution >= 4 is 17.4 Å². The van der Waals surface area contributed by atoms with Crippen LogP contribution in [0.25, 0.3) is 0 Å². The fraction of sp³-hybridized carbons (Fsp3) is 0.250. The van der Waals surface area contributed by atoms with Gasteiger partial charge in [0.2, 0.25) is 0 Å². The van der Waals surface area contributed by atoms with Crippen molar-refractivity contribution < 1.29 is 8.78 Å². The van der Waals surface area contributed by atoms with Crippen molar-refractivity contribution in [3.8, 4) is 0 Å². The molecule has 0 saturated carbocycles. The summed E-state index contributed by atoms with van der Waals surface area (Å²) in [6.45, 7) is 1.96. The second-order valence-electron chi connectivity index (χ2n) is 3.82. The quantitative estimate of drug-likeness (QED) is 0.931.